The van der Waals surface area contributed by atoms with E-state index in [9.17, 15) is 14.9 Å². The molecule has 0 radical (unpaired) electrons. The molecule has 0 unspecified atom stereocenters. The number of rotatable bonds is 4. The number of nitrogens with one attached hydrogen (secondary N) is 1. The maximum atomic E-state index is 12.5. The van der Waals surface area contributed by atoms with E-state index < -0.39 is 10.8 Å². The lowest BCUT2D eigenvalue weighted by atomic mass is 10.1. The second-order valence-corrected chi connectivity index (χ2v) is 5.24. The molecule has 6 nitrogen and oxygen atoms in total. The van der Waals surface area contributed by atoms with E-state index in [0.717, 1.165) is 5.56 Å². The molecular formula is C18H14N2O4. The SMILES string of the molecule is Cc1ccc(NC(=O)c2occc2-c2ccccc2)cc1[N+](=O)[O-]. The van der Waals surface area contributed by atoms with E-state index >= 15 is 0 Å². The van der Waals surface area contributed by atoms with Gasteiger partial charge in [0.05, 0.1) is 11.2 Å². The smallest absolute Gasteiger partial charge is 0.292 e. The Morgan fingerprint density at radius 2 is 1.88 bits per heavy atom. The second kappa shape index (κ2) is 6.37. The summed E-state index contributed by atoms with van der Waals surface area (Å²) in [6.07, 6.45) is 1.44. The lowest BCUT2D eigenvalue weighted by Crippen LogP contribution is -2.12. The number of aryl methyl sites for hydroxylation is 1. The molecule has 0 fully saturated rings. The van der Waals surface area contributed by atoms with E-state index in [2.05, 4.69) is 5.32 Å². The molecule has 2 aromatic carbocycles. The third-order valence-electron chi connectivity index (χ3n) is 3.62. The van der Waals surface area contributed by atoms with E-state index in [0.29, 0.717) is 16.8 Å². The number of nitro benzene ring substituents is 1. The Morgan fingerprint density at radius 3 is 2.58 bits per heavy atom. The molecule has 0 saturated heterocycles. The normalized spacial score (nSPS) is 10.4. The van der Waals surface area contributed by atoms with Gasteiger partial charge in [-0.1, -0.05) is 36.4 Å². The Morgan fingerprint density at radius 1 is 1.12 bits per heavy atom. The average Bonchev–Trinajstić information content (AvgIpc) is 3.07. The summed E-state index contributed by atoms with van der Waals surface area (Å²) in [7, 11) is 0. The van der Waals surface area contributed by atoms with Crippen molar-refractivity contribution in [2.75, 3.05) is 5.32 Å². The predicted octanol–water partition coefficient (Wildman–Crippen LogP) is 4.42. The van der Waals surface area contributed by atoms with Gasteiger partial charge in [0, 0.05) is 22.9 Å². The molecular weight excluding hydrogens is 308 g/mol. The first-order valence-corrected chi connectivity index (χ1v) is 7.25. The molecule has 0 atom stereocenters. The van der Waals surface area contributed by atoms with Gasteiger partial charge in [-0.25, -0.2) is 0 Å². The number of benzene rings is 2. The lowest BCUT2D eigenvalue weighted by Gasteiger charge is -2.06. The standard InChI is InChI=1S/C18H14N2O4/c1-12-7-8-14(11-16(12)20(22)23)19-18(21)17-15(9-10-24-17)13-5-3-2-4-6-13/h2-11H,1H3,(H,19,21). The summed E-state index contributed by atoms with van der Waals surface area (Å²) in [4.78, 5) is 23.0. The predicted molar refractivity (Wildman–Crippen MR) is 89.9 cm³/mol. The molecule has 120 valence electrons. The number of anilines is 1. The number of furan rings is 1. The van der Waals surface area contributed by atoms with Gasteiger partial charge in [0.1, 0.15) is 0 Å². The number of hydrogen-bond donors (Lipinski definition) is 1. The van der Waals surface area contributed by atoms with Crippen molar-refractivity contribution < 1.29 is 14.1 Å². The van der Waals surface area contributed by atoms with Gasteiger partial charge in [0.2, 0.25) is 0 Å². The largest absolute Gasteiger partial charge is 0.459 e. The Hall–Kier alpha value is -3.41. The minimum Gasteiger partial charge on any atom is -0.459 e. The van der Waals surface area contributed by atoms with Gasteiger partial charge in [0.25, 0.3) is 11.6 Å². The van der Waals surface area contributed by atoms with Crippen molar-refractivity contribution in [3.05, 3.63) is 82.3 Å². The quantitative estimate of drug-likeness (QED) is 0.569. The molecule has 0 bridgehead atoms. The van der Waals surface area contributed by atoms with Crippen LogP contribution in [0.15, 0.2) is 65.3 Å². The molecule has 0 aliphatic carbocycles. The third kappa shape index (κ3) is 3.03. The van der Waals surface area contributed by atoms with Crippen molar-refractivity contribution in [3.8, 4) is 11.1 Å². The van der Waals surface area contributed by atoms with E-state index in [4.69, 9.17) is 4.42 Å². The molecule has 1 aromatic heterocycles. The number of nitro groups is 1. The monoisotopic (exact) mass is 322 g/mol. The molecule has 0 saturated carbocycles. The summed E-state index contributed by atoms with van der Waals surface area (Å²) in [5.41, 5.74) is 2.34. The van der Waals surface area contributed by atoms with E-state index in [1.807, 2.05) is 30.3 Å². The highest BCUT2D eigenvalue weighted by atomic mass is 16.6. The van der Waals surface area contributed by atoms with Gasteiger partial charge in [0.15, 0.2) is 5.76 Å². The lowest BCUT2D eigenvalue weighted by molar-refractivity contribution is -0.385. The zero-order chi connectivity index (χ0) is 17.1. The molecule has 0 aliphatic heterocycles. The van der Waals surface area contributed by atoms with Gasteiger partial charge in [-0.15, -0.1) is 0 Å². The van der Waals surface area contributed by atoms with Crippen molar-refractivity contribution in [1.82, 2.24) is 0 Å². The number of hydrogen-bond acceptors (Lipinski definition) is 4. The van der Waals surface area contributed by atoms with Gasteiger partial charge < -0.3 is 9.73 Å². The van der Waals surface area contributed by atoms with Crippen LogP contribution in [0.2, 0.25) is 0 Å². The molecule has 1 N–H and O–H groups in total. The Balaban J connectivity index is 1.88. The fourth-order valence-electron chi connectivity index (χ4n) is 2.40. The van der Waals surface area contributed by atoms with Crippen LogP contribution in [0, 0.1) is 17.0 Å². The Kier molecular flexibility index (Phi) is 4.11. The zero-order valence-electron chi connectivity index (χ0n) is 12.9. The molecule has 6 heteroatoms. The summed E-state index contributed by atoms with van der Waals surface area (Å²) in [6, 6.07) is 15.6. The van der Waals surface area contributed by atoms with Crippen molar-refractivity contribution >= 4 is 17.3 Å². The number of amides is 1. The van der Waals surface area contributed by atoms with Crippen LogP contribution in [-0.2, 0) is 0 Å². The first kappa shape index (κ1) is 15.5. The summed E-state index contributed by atoms with van der Waals surface area (Å²) in [5, 5.41) is 13.6. The van der Waals surface area contributed by atoms with Gasteiger partial charge in [-0.2, -0.15) is 0 Å². The summed E-state index contributed by atoms with van der Waals surface area (Å²) >= 11 is 0. The molecule has 3 aromatic rings. The molecule has 1 amide bonds. The van der Waals surface area contributed by atoms with Crippen LogP contribution in [0.3, 0.4) is 0 Å². The van der Waals surface area contributed by atoms with Crippen LogP contribution in [0.1, 0.15) is 16.1 Å². The fraction of sp³-hybridized carbons (Fsp3) is 0.0556. The van der Waals surface area contributed by atoms with E-state index in [1.165, 1.54) is 12.3 Å². The Bertz CT molecular complexity index is 900. The zero-order valence-corrected chi connectivity index (χ0v) is 12.9. The topological polar surface area (TPSA) is 85.4 Å². The van der Waals surface area contributed by atoms with E-state index in [1.54, 1.807) is 25.1 Å². The molecule has 0 spiro atoms. The third-order valence-corrected chi connectivity index (χ3v) is 3.62. The minimum atomic E-state index is -0.479. The Labute approximate surface area is 137 Å². The maximum Gasteiger partial charge on any atom is 0.292 e. The van der Waals surface area contributed by atoms with Crippen LogP contribution >= 0.6 is 0 Å². The highest BCUT2D eigenvalue weighted by Crippen LogP contribution is 2.27. The summed E-state index contributed by atoms with van der Waals surface area (Å²) in [6.45, 7) is 1.64. The highest BCUT2D eigenvalue weighted by Gasteiger charge is 2.18. The van der Waals surface area contributed by atoms with Gasteiger partial charge in [-0.05, 0) is 24.6 Å². The van der Waals surface area contributed by atoms with E-state index in [-0.39, 0.29) is 11.4 Å². The van der Waals surface area contributed by atoms with Crippen molar-refractivity contribution in [1.29, 1.82) is 0 Å². The molecule has 24 heavy (non-hydrogen) atoms. The fourth-order valence-corrected chi connectivity index (χ4v) is 2.40. The molecule has 1 heterocycles. The molecule has 0 aliphatic rings. The van der Waals surface area contributed by atoms with Crippen LogP contribution in [0.5, 0.6) is 0 Å². The minimum absolute atomic E-state index is 0.0458. The maximum absolute atomic E-state index is 12.5. The summed E-state index contributed by atoms with van der Waals surface area (Å²) in [5.74, 6) is -0.304. The molecule has 3 rings (SSSR count). The van der Waals surface area contributed by atoms with Crippen LogP contribution in [0.4, 0.5) is 11.4 Å². The van der Waals surface area contributed by atoms with Crippen LogP contribution < -0.4 is 5.32 Å². The first-order valence-electron chi connectivity index (χ1n) is 7.25. The summed E-state index contributed by atoms with van der Waals surface area (Å²) < 4.78 is 5.31. The number of nitrogens with zero attached hydrogens (tertiary/aromatic N) is 1. The van der Waals surface area contributed by atoms with Crippen molar-refractivity contribution in [3.63, 3.8) is 0 Å². The number of carbonyl (C=O) groups excluding carboxylic acids is 1. The number of carbonyl (C=O) groups is 1. The highest BCUT2D eigenvalue weighted by molar-refractivity contribution is 6.06. The van der Waals surface area contributed by atoms with Crippen molar-refractivity contribution in [2.45, 2.75) is 6.92 Å². The first-order chi connectivity index (χ1) is 11.6. The average molecular weight is 322 g/mol. The van der Waals surface area contributed by atoms with Gasteiger partial charge >= 0.3 is 0 Å². The second-order valence-electron chi connectivity index (χ2n) is 5.24. The van der Waals surface area contributed by atoms with Crippen LogP contribution in [0.25, 0.3) is 11.1 Å². The van der Waals surface area contributed by atoms with Crippen molar-refractivity contribution in [2.24, 2.45) is 0 Å². The van der Waals surface area contributed by atoms with Crippen LogP contribution in [-0.4, -0.2) is 10.8 Å². The van der Waals surface area contributed by atoms with Gasteiger partial charge in [-0.3, -0.25) is 14.9 Å².